The zero-order chi connectivity index (χ0) is 32.7. The molecule has 0 unspecified atom stereocenters. The van der Waals surface area contributed by atoms with Crippen molar-refractivity contribution in [1.29, 1.82) is 0 Å². The number of halogens is 2. The van der Waals surface area contributed by atoms with E-state index in [2.05, 4.69) is 40.4 Å². The van der Waals surface area contributed by atoms with Crippen LogP contribution in [0.5, 0.6) is 0 Å². The van der Waals surface area contributed by atoms with E-state index in [4.69, 9.17) is 0 Å². The fourth-order valence-electron chi connectivity index (χ4n) is 6.11. The van der Waals surface area contributed by atoms with Crippen LogP contribution < -0.4 is 5.32 Å². The van der Waals surface area contributed by atoms with Gasteiger partial charge in [0.25, 0.3) is 0 Å². The second kappa shape index (κ2) is 12.2. The molecule has 1 amide bonds. The lowest BCUT2D eigenvalue weighted by Crippen LogP contribution is -2.24. The number of carbonyl (C=O) groups is 1. The van der Waals surface area contributed by atoms with Gasteiger partial charge in [-0.15, -0.1) is 0 Å². The highest BCUT2D eigenvalue weighted by molar-refractivity contribution is 7.90. The number of fused-ring (bicyclic) bond motifs is 2. The molecular weight excluding hydrogens is 626 g/mol. The number of nitrogens with one attached hydrogen (secondary N) is 3. The van der Waals surface area contributed by atoms with Crippen LogP contribution in [0.4, 0.5) is 14.5 Å². The molecule has 6 aromatic rings. The number of hydrogen-bond acceptors (Lipinski definition) is 8. The fourth-order valence-corrected chi connectivity index (χ4v) is 6.72. The van der Waals surface area contributed by atoms with E-state index in [1.165, 1.54) is 36.9 Å². The summed E-state index contributed by atoms with van der Waals surface area (Å²) in [7, 11) is -3.24. The summed E-state index contributed by atoms with van der Waals surface area (Å²) >= 11 is 0. The van der Waals surface area contributed by atoms with Gasteiger partial charge in [0.1, 0.15) is 27.2 Å². The Hall–Kier alpha value is -5.11. The van der Waals surface area contributed by atoms with Crippen LogP contribution in [0.15, 0.2) is 55.1 Å². The summed E-state index contributed by atoms with van der Waals surface area (Å²) in [6.45, 7) is 0. The van der Waals surface area contributed by atoms with Crippen LogP contribution in [-0.2, 0) is 21.1 Å². The maximum Gasteiger partial charge on any atom is 0.227 e. The van der Waals surface area contributed by atoms with Crippen LogP contribution in [0.25, 0.3) is 56.0 Å². The quantitative estimate of drug-likeness (QED) is 0.180. The maximum atomic E-state index is 16.3. The molecule has 5 heterocycles. The summed E-state index contributed by atoms with van der Waals surface area (Å²) in [6, 6.07) is 7.74. The molecule has 1 fully saturated rings. The summed E-state index contributed by atoms with van der Waals surface area (Å²) in [5.74, 6) is -1.09. The molecule has 47 heavy (non-hydrogen) atoms. The monoisotopic (exact) mass is 656 g/mol. The van der Waals surface area contributed by atoms with Crippen LogP contribution in [0.2, 0.25) is 0 Å². The Morgan fingerprint density at radius 3 is 2.62 bits per heavy atom. The number of nitrogens with zero attached hydrogens (tertiary/aromatic N) is 5. The van der Waals surface area contributed by atoms with Gasteiger partial charge in [-0.1, -0.05) is 25.3 Å². The average molecular weight is 657 g/mol. The van der Waals surface area contributed by atoms with E-state index in [0.29, 0.717) is 39.1 Å². The van der Waals surface area contributed by atoms with Crippen LogP contribution in [0.3, 0.4) is 0 Å². The minimum atomic E-state index is -3.24. The fraction of sp³-hybridized carbons (Fsp3) is 0.273. The molecule has 0 aliphatic heterocycles. The second-order valence-electron chi connectivity index (χ2n) is 11.9. The third-order valence-electron chi connectivity index (χ3n) is 8.47. The van der Waals surface area contributed by atoms with Crippen molar-refractivity contribution in [3.05, 3.63) is 72.3 Å². The summed E-state index contributed by atoms with van der Waals surface area (Å²) in [6.07, 6.45) is 12.1. The van der Waals surface area contributed by atoms with Crippen molar-refractivity contribution in [3.63, 3.8) is 0 Å². The number of amides is 1. The number of rotatable bonds is 8. The first-order valence-electron chi connectivity index (χ1n) is 15.2. The summed E-state index contributed by atoms with van der Waals surface area (Å²) in [5, 5.41) is 10.0. The Labute approximate surface area is 268 Å². The highest BCUT2D eigenvalue weighted by Gasteiger charge is 2.23. The number of anilines is 1. The molecule has 1 aliphatic carbocycles. The number of H-pyrrole nitrogens is 2. The van der Waals surface area contributed by atoms with Crippen molar-refractivity contribution < 1.29 is 22.0 Å². The van der Waals surface area contributed by atoms with Gasteiger partial charge in [0.15, 0.2) is 17.1 Å². The molecule has 0 spiro atoms. The molecule has 0 bridgehead atoms. The van der Waals surface area contributed by atoms with Crippen molar-refractivity contribution in [2.24, 2.45) is 5.92 Å². The second-order valence-corrected chi connectivity index (χ2v) is 14.2. The number of aromatic amines is 2. The first-order valence-corrected chi connectivity index (χ1v) is 17.3. The topological polar surface area (TPSA) is 159 Å². The van der Waals surface area contributed by atoms with Gasteiger partial charge in [-0.2, -0.15) is 5.10 Å². The third kappa shape index (κ3) is 6.32. The zero-order valence-electron chi connectivity index (χ0n) is 25.3. The Bertz CT molecular complexity index is 2260. The van der Waals surface area contributed by atoms with E-state index < -0.39 is 21.5 Å². The number of benzene rings is 1. The lowest BCUT2D eigenvalue weighted by molar-refractivity contribution is -0.120. The predicted octanol–water partition coefficient (Wildman–Crippen LogP) is 6.01. The Morgan fingerprint density at radius 2 is 1.81 bits per heavy atom. The van der Waals surface area contributed by atoms with Gasteiger partial charge in [-0.05, 0) is 54.7 Å². The number of hydrogen-bond donors (Lipinski definition) is 3. The average Bonchev–Trinajstić information content (AvgIpc) is 3.69. The number of carbonyl (C=O) groups excluding carboxylic acids is 1. The normalized spacial score (nSPS) is 14.2. The molecule has 1 aromatic carbocycles. The van der Waals surface area contributed by atoms with Crippen molar-refractivity contribution in [3.8, 4) is 33.8 Å². The molecule has 11 nitrogen and oxygen atoms in total. The molecule has 5 aromatic heterocycles. The van der Waals surface area contributed by atoms with Gasteiger partial charge in [0, 0.05) is 47.5 Å². The highest BCUT2D eigenvalue weighted by atomic mass is 32.2. The lowest BCUT2D eigenvalue weighted by atomic mass is 9.88. The highest BCUT2D eigenvalue weighted by Crippen LogP contribution is 2.35. The van der Waals surface area contributed by atoms with Crippen LogP contribution in [-0.4, -0.2) is 61.5 Å². The standard InChI is InChI=1S/C33H30F2N8O3S/c1-47(45,46)10-8-18-11-20(13-22(34)12-18)24-7-9-37-31-28(24)40-32(41-31)29-26-27(35)25(17-38-30(26)43-42-29)21-14-23(16-36-15-21)39-33(44)19-5-3-2-4-6-19/h7,9,11-17,19H,2-6,8,10H2,1H3,(H,39,44)(H,37,40,41)(H,38,42,43). The third-order valence-corrected chi connectivity index (χ3v) is 9.42. The van der Waals surface area contributed by atoms with Crippen LogP contribution in [0.1, 0.15) is 37.7 Å². The summed E-state index contributed by atoms with van der Waals surface area (Å²) in [5.41, 5.74) is 3.81. The van der Waals surface area contributed by atoms with Crippen molar-refractivity contribution in [1.82, 2.24) is 35.1 Å². The predicted molar refractivity (Wildman–Crippen MR) is 174 cm³/mol. The maximum absolute atomic E-state index is 16.3. The molecule has 0 atom stereocenters. The van der Waals surface area contributed by atoms with E-state index in [9.17, 15) is 17.6 Å². The van der Waals surface area contributed by atoms with E-state index in [1.807, 2.05) is 0 Å². The number of pyridine rings is 3. The van der Waals surface area contributed by atoms with Crippen LogP contribution in [0, 0.1) is 17.6 Å². The minimum Gasteiger partial charge on any atom is -0.335 e. The van der Waals surface area contributed by atoms with Crippen molar-refractivity contribution >= 4 is 43.6 Å². The molecular formula is C33H30F2N8O3S. The summed E-state index contributed by atoms with van der Waals surface area (Å²) in [4.78, 5) is 33.5. The molecule has 14 heteroatoms. The Kier molecular flexibility index (Phi) is 7.96. The van der Waals surface area contributed by atoms with Crippen molar-refractivity contribution in [2.45, 2.75) is 38.5 Å². The Balaban J connectivity index is 1.24. The van der Waals surface area contributed by atoms with E-state index in [-0.39, 0.29) is 52.1 Å². The number of sulfone groups is 1. The zero-order valence-corrected chi connectivity index (χ0v) is 26.2. The first kappa shape index (κ1) is 30.5. The molecule has 7 rings (SSSR count). The van der Waals surface area contributed by atoms with E-state index >= 15 is 4.39 Å². The summed E-state index contributed by atoms with van der Waals surface area (Å²) < 4.78 is 54.3. The Morgan fingerprint density at radius 1 is 0.979 bits per heavy atom. The number of aromatic nitrogens is 7. The first-order chi connectivity index (χ1) is 22.6. The van der Waals surface area contributed by atoms with Gasteiger partial charge in [0.05, 0.1) is 28.5 Å². The van der Waals surface area contributed by atoms with E-state index in [0.717, 1.165) is 38.4 Å². The van der Waals surface area contributed by atoms with Crippen molar-refractivity contribution in [2.75, 3.05) is 17.3 Å². The molecule has 3 N–H and O–H groups in total. The van der Waals surface area contributed by atoms with E-state index in [1.54, 1.807) is 18.2 Å². The smallest absolute Gasteiger partial charge is 0.227 e. The molecule has 0 saturated heterocycles. The number of aryl methyl sites for hydroxylation is 1. The van der Waals surface area contributed by atoms with Gasteiger partial charge >= 0.3 is 0 Å². The molecule has 1 aliphatic rings. The molecule has 1 saturated carbocycles. The van der Waals surface area contributed by atoms with Gasteiger partial charge in [-0.3, -0.25) is 14.9 Å². The van der Waals surface area contributed by atoms with Gasteiger partial charge in [-0.25, -0.2) is 32.2 Å². The number of imidazole rings is 1. The SMILES string of the molecule is CS(=O)(=O)CCc1cc(F)cc(-c2ccnc3nc(-c4[nH]nc5ncc(-c6cncc(NC(=O)C7CCCCC7)c6)c(F)c45)[nH]c23)c1. The van der Waals surface area contributed by atoms with Gasteiger partial charge in [0.2, 0.25) is 5.91 Å². The molecule has 240 valence electrons. The lowest BCUT2D eigenvalue weighted by Gasteiger charge is -2.20. The van der Waals surface area contributed by atoms with Crippen LogP contribution >= 0.6 is 0 Å². The molecule has 0 radical (unpaired) electrons. The van der Waals surface area contributed by atoms with Gasteiger partial charge < -0.3 is 10.3 Å². The minimum absolute atomic E-state index is 0.0442. The largest absolute Gasteiger partial charge is 0.335 e.